The summed E-state index contributed by atoms with van der Waals surface area (Å²) in [5.74, 6) is 0.165. The van der Waals surface area contributed by atoms with Gasteiger partial charge in [-0.25, -0.2) is 9.78 Å². The molecule has 9 heteroatoms. The van der Waals surface area contributed by atoms with Crippen LogP contribution in [0.15, 0.2) is 60.8 Å². The van der Waals surface area contributed by atoms with Gasteiger partial charge >= 0.3 is 6.09 Å². The lowest BCUT2D eigenvalue weighted by Gasteiger charge is -2.24. The fourth-order valence-electron chi connectivity index (χ4n) is 3.36. The predicted octanol–water partition coefficient (Wildman–Crippen LogP) is 1.99. The van der Waals surface area contributed by atoms with E-state index in [0.717, 1.165) is 16.9 Å². The molecule has 4 N–H and O–H groups in total. The van der Waals surface area contributed by atoms with Crippen molar-refractivity contribution in [3.05, 3.63) is 66.6 Å². The standard InChI is InChI=1S/C24H30BN5O3/c1-15(2)21(30-24(32)33-3)23(31)29-20(14-26-18-7-5-4-6-8-18)22-27-13-19(28-22)16-9-11-17(25)12-10-16/h4-13,15,20-21,26H,14,25H2,1-3H3,(H,27,28)(H,29,31)(H,30,32)/t20-,21-/m0/s1. The third-order valence-electron chi connectivity index (χ3n) is 5.28. The average molecular weight is 447 g/mol. The Morgan fingerprint density at radius 1 is 1.06 bits per heavy atom. The number of nitrogens with zero attached hydrogens (tertiary/aromatic N) is 1. The summed E-state index contributed by atoms with van der Waals surface area (Å²) in [4.78, 5) is 32.8. The maximum atomic E-state index is 13.1. The van der Waals surface area contributed by atoms with E-state index in [2.05, 4.69) is 25.7 Å². The lowest BCUT2D eigenvalue weighted by molar-refractivity contribution is -0.124. The van der Waals surface area contributed by atoms with Gasteiger partial charge in [-0.2, -0.15) is 0 Å². The van der Waals surface area contributed by atoms with Crippen LogP contribution in [0.5, 0.6) is 0 Å². The maximum Gasteiger partial charge on any atom is 0.407 e. The van der Waals surface area contributed by atoms with Crippen LogP contribution in [0.1, 0.15) is 25.7 Å². The van der Waals surface area contributed by atoms with Gasteiger partial charge in [0.05, 0.1) is 12.8 Å². The number of carbonyl (C=O) groups excluding carboxylic acids is 2. The smallest absolute Gasteiger partial charge is 0.407 e. The Labute approximate surface area is 194 Å². The normalized spacial score (nSPS) is 12.6. The number of benzene rings is 2. The van der Waals surface area contributed by atoms with E-state index in [9.17, 15) is 9.59 Å². The van der Waals surface area contributed by atoms with Crippen LogP contribution >= 0.6 is 0 Å². The molecule has 3 rings (SSSR count). The summed E-state index contributed by atoms with van der Waals surface area (Å²) in [5, 5.41) is 8.97. The molecule has 2 atom stereocenters. The van der Waals surface area contributed by atoms with Gasteiger partial charge in [0.1, 0.15) is 25.8 Å². The van der Waals surface area contributed by atoms with E-state index in [4.69, 9.17) is 4.98 Å². The third-order valence-corrected chi connectivity index (χ3v) is 5.28. The Kier molecular flexibility index (Phi) is 8.13. The second-order valence-electron chi connectivity index (χ2n) is 8.20. The van der Waals surface area contributed by atoms with Crippen LogP contribution in [-0.2, 0) is 9.53 Å². The van der Waals surface area contributed by atoms with E-state index in [1.165, 1.54) is 12.6 Å². The lowest BCUT2D eigenvalue weighted by Crippen LogP contribution is -2.51. The first-order valence-electron chi connectivity index (χ1n) is 10.9. The van der Waals surface area contributed by atoms with Gasteiger partial charge in [0.25, 0.3) is 0 Å². The van der Waals surface area contributed by atoms with Gasteiger partial charge in [0.2, 0.25) is 5.91 Å². The van der Waals surface area contributed by atoms with E-state index in [1.54, 1.807) is 0 Å². The molecule has 0 saturated carbocycles. The fourth-order valence-corrected chi connectivity index (χ4v) is 3.36. The van der Waals surface area contributed by atoms with Crippen molar-refractivity contribution in [1.29, 1.82) is 0 Å². The van der Waals surface area contributed by atoms with Gasteiger partial charge in [-0.1, -0.05) is 61.8 Å². The van der Waals surface area contributed by atoms with Gasteiger partial charge in [-0.05, 0) is 18.1 Å². The van der Waals surface area contributed by atoms with Crippen LogP contribution in [0, 0.1) is 5.92 Å². The number of alkyl carbamates (subject to hydrolysis) is 1. The number of imidazole rings is 1. The Hall–Kier alpha value is -3.75. The Balaban J connectivity index is 1.82. The van der Waals surface area contributed by atoms with Crippen LogP contribution in [0.3, 0.4) is 0 Å². The zero-order valence-electron chi connectivity index (χ0n) is 19.4. The van der Waals surface area contributed by atoms with Crippen molar-refractivity contribution in [1.82, 2.24) is 20.6 Å². The number of amides is 2. The Bertz CT molecular complexity index is 1050. The molecule has 0 spiro atoms. The number of rotatable bonds is 9. The van der Waals surface area contributed by atoms with Crippen LogP contribution in [0.4, 0.5) is 10.5 Å². The van der Waals surface area contributed by atoms with E-state index >= 15 is 0 Å². The SMILES string of the molecule is Bc1ccc(-c2c[nH]c([C@H](CNc3ccccc3)NC(=O)[C@@H](NC(=O)OC)C(C)C)n2)cc1. The Morgan fingerprint density at radius 3 is 2.39 bits per heavy atom. The van der Waals surface area contributed by atoms with Crippen molar-refractivity contribution in [2.75, 3.05) is 19.0 Å². The van der Waals surface area contributed by atoms with Gasteiger partial charge in [-0.3, -0.25) is 4.79 Å². The molecular weight excluding hydrogens is 417 g/mol. The molecular formula is C24H30BN5O3. The lowest BCUT2D eigenvalue weighted by atomic mass is 9.95. The summed E-state index contributed by atoms with van der Waals surface area (Å²) in [6, 6.07) is 16.6. The molecule has 8 nitrogen and oxygen atoms in total. The van der Waals surface area contributed by atoms with Crippen LogP contribution in [-0.4, -0.2) is 49.5 Å². The van der Waals surface area contributed by atoms with E-state index < -0.39 is 18.2 Å². The van der Waals surface area contributed by atoms with Gasteiger partial charge in [0, 0.05) is 24.0 Å². The monoisotopic (exact) mass is 447 g/mol. The molecule has 0 radical (unpaired) electrons. The van der Waals surface area contributed by atoms with Gasteiger partial charge in [0.15, 0.2) is 0 Å². The van der Waals surface area contributed by atoms with Crippen LogP contribution < -0.4 is 21.4 Å². The highest BCUT2D eigenvalue weighted by atomic mass is 16.5. The molecule has 172 valence electrons. The van der Waals surface area contributed by atoms with Crippen molar-refractivity contribution in [3.63, 3.8) is 0 Å². The van der Waals surface area contributed by atoms with E-state index in [-0.39, 0.29) is 11.8 Å². The summed E-state index contributed by atoms with van der Waals surface area (Å²) in [6.45, 7) is 4.12. The average Bonchev–Trinajstić information content (AvgIpc) is 3.31. The highest BCUT2D eigenvalue weighted by Gasteiger charge is 2.28. The molecule has 0 fully saturated rings. The number of methoxy groups -OCH3 is 1. The molecule has 3 aromatic rings. The molecule has 0 aliphatic carbocycles. The summed E-state index contributed by atoms with van der Waals surface area (Å²) in [5.41, 5.74) is 3.87. The molecule has 1 aromatic heterocycles. The number of carbonyl (C=O) groups is 2. The number of hydrogen-bond acceptors (Lipinski definition) is 5. The number of ether oxygens (including phenoxy) is 1. The van der Waals surface area contributed by atoms with Gasteiger partial charge in [-0.15, -0.1) is 0 Å². The summed E-state index contributed by atoms with van der Waals surface area (Å²) in [6.07, 6.45) is 1.18. The van der Waals surface area contributed by atoms with Crippen molar-refractivity contribution < 1.29 is 14.3 Å². The first-order valence-corrected chi connectivity index (χ1v) is 10.9. The largest absolute Gasteiger partial charge is 0.453 e. The van der Waals surface area contributed by atoms with Crippen LogP contribution in [0.2, 0.25) is 0 Å². The minimum atomic E-state index is -0.747. The number of para-hydroxylation sites is 1. The molecule has 0 bridgehead atoms. The number of H-pyrrole nitrogens is 1. The summed E-state index contributed by atoms with van der Waals surface area (Å²) >= 11 is 0. The fraction of sp³-hybridized carbons (Fsp3) is 0.292. The maximum absolute atomic E-state index is 13.1. The van der Waals surface area contributed by atoms with Crippen molar-refractivity contribution in [3.8, 4) is 11.3 Å². The number of nitrogens with one attached hydrogen (secondary N) is 4. The summed E-state index contributed by atoms with van der Waals surface area (Å²) in [7, 11) is 3.31. The van der Waals surface area contributed by atoms with Crippen molar-refractivity contribution >= 4 is 31.0 Å². The topological polar surface area (TPSA) is 108 Å². The highest BCUT2D eigenvalue weighted by Crippen LogP contribution is 2.20. The number of aromatic nitrogens is 2. The van der Waals surface area contributed by atoms with Crippen molar-refractivity contribution in [2.24, 2.45) is 5.92 Å². The van der Waals surface area contributed by atoms with Gasteiger partial charge < -0.3 is 25.7 Å². The number of aromatic amines is 1. The van der Waals surface area contributed by atoms with Crippen molar-refractivity contribution in [2.45, 2.75) is 25.9 Å². The summed E-state index contributed by atoms with van der Waals surface area (Å²) < 4.78 is 4.68. The molecule has 33 heavy (non-hydrogen) atoms. The predicted molar refractivity (Wildman–Crippen MR) is 132 cm³/mol. The molecule has 0 unspecified atom stereocenters. The quantitative estimate of drug-likeness (QED) is 0.376. The first-order chi connectivity index (χ1) is 15.9. The zero-order chi connectivity index (χ0) is 23.8. The Morgan fingerprint density at radius 2 is 1.76 bits per heavy atom. The molecule has 0 aliphatic heterocycles. The van der Waals surface area contributed by atoms with E-state index in [0.29, 0.717) is 12.4 Å². The van der Waals surface area contributed by atoms with Crippen LogP contribution in [0.25, 0.3) is 11.3 Å². The molecule has 2 amide bonds. The molecule has 2 aromatic carbocycles. The minimum Gasteiger partial charge on any atom is -0.453 e. The third kappa shape index (κ3) is 6.62. The second-order valence-corrected chi connectivity index (χ2v) is 8.20. The zero-order valence-corrected chi connectivity index (χ0v) is 19.4. The first kappa shape index (κ1) is 23.9. The van der Waals surface area contributed by atoms with E-state index in [1.807, 2.05) is 82.5 Å². The highest BCUT2D eigenvalue weighted by molar-refractivity contribution is 6.32. The number of anilines is 1. The number of hydrogen-bond donors (Lipinski definition) is 4. The second kappa shape index (κ2) is 11.2. The molecule has 1 heterocycles. The minimum absolute atomic E-state index is 0.133. The molecule has 0 saturated heterocycles. The molecule has 0 aliphatic rings.